The summed E-state index contributed by atoms with van der Waals surface area (Å²) in [6.07, 6.45) is 2.30. The number of nitrogens with zero attached hydrogens (tertiary/aromatic N) is 1. The Morgan fingerprint density at radius 1 is 1.39 bits per heavy atom. The van der Waals surface area contributed by atoms with Gasteiger partial charge in [0.2, 0.25) is 0 Å². The van der Waals surface area contributed by atoms with Crippen LogP contribution in [0, 0.1) is 0 Å². The highest BCUT2D eigenvalue weighted by molar-refractivity contribution is 5.71. The molecule has 0 saturated heterocycles. The Hall–Kier alpha value is -1.55. The molecule has 1 aliphatic rings. The average Bonchev–Trinajstić information content (AvgIpc) is 3.15. The Morgan fingerprint density at radius 3 is 2.61 bits per heavy atom. The average molecular weight is 249 g/mol. The van der Waals surface area contributed by atoms with E-state index in [9.17, 15) is 9.90 Å². The largest absolute Gasteiger partial charge is 0.508 e. The highest BCUT2D eigenvalue weighted by Gasteiger charge is 2.30. The molecule has 1 aromatic carbocycles. The van der Waals surface area contributed by atoms with Crippen molar-refractivity contribution >= 4 is 5.97 Å². The van der Waals surface area contributed by atoms with Gasteiger partial charge in [-0.1, -0.05) is 12.1 Å². The van der Waals surface area contributed by atoms with Gasteiger partial charge < -0.3 is 9.84 Å². The molecule has 0 bridgehead atoms. The first-order valence-electron chi connectivity index (χ1n) is 6.36. The zero-order valence-electron chi connectivity index (χ0n) is 10.6. The molecule has 0 aliphatic heterocycles. The van der Waals surface area contributed by atoms with Crippen LogP contribution in [0.1, 0.15) is 25.3 Å². The lowest BCUT2D eigenvalue weighted by Crippen LogP contribution is -2.32. The Bertz CT molecular complexity index is 398. The van der Waals surface area contributed by atoms with Crippen LogP contribution in [0.15, 0.2) is 24.3 Å². The second-order valence-corrected chi connectivity index (χ2v) is 4.61. The van der Waals surface area contributed by atoms with Crippen LogP contribution in [-0.2, 0) is 16.1 Å². The summed E-state index contributed by atoms with van der Waals surface area (Å²) in [6, 6.07) is 7.62. The number of carbonyl (C=O) groups excluding carboxylic acids is 1. The van der Waals surface area contributed by atoms with Gasteiger partial charge in [0.15, 0.2) is 0 Å². The number of aromatic hydroxyl groups is 1. The maximum Gasteiger partial charge on any atom is 0.320 e. The number of esters is 1. The lowest BCUT2D eigenvalue weighted by atomic mass is 10.2. The van der Waals surface area contributed by atoms with Gasteiger partial charge >= 0.3 is 5.97 Å². The maximum absolute atomic E-state index is 11.5. The smallest absolute Gasteiger partial charge is 0.320 e. The summed E-state index contributed by atoms with van der Waals surface area (Å²) in [4.78, 5) is 13.7. The molecular formula is C14H19NO3. The standard InChI is InChI=1S/C14H19NO3/c1-2-18-14(17)10-15(12-5-6-12)9-11-3-7-13(16)8-4-11/h3-4,7-8,12,16H,2,5-6,9-10H2,1H3. The normalized spacial score (nSPS) is 14.8. The molecule has 4 nitrogen and oxygen atoms in total. The Morgan fingerprint density at radius 2 is 2.06 bits per heavy atom. The molecule has 2 rings (SSSR count). The molecule has 98 valence electrons. The molecule has 4 heteroatoms. The van der Waals surface area contributed by atoms with Gasteiger partial charge in [0.05, 0.1) is 13.2 Å². The van der Waals surface area contributed by atoms with E-state index in [1.807, 2.05) is 19.1 Å². The topological polar surface area (TPSA) is 49.8 Å². The van der Waals surface area contributed by atoms with Gasteiger partial charge in [-0.2, -0.15) is 0 Å². The van der Waals surface area contributed by atoms with Crippen molar-refractivity contribution in [1.82, 2.24) is 4.90 Å². The Labute approximate surface area is 107 Å². The summed E-state index contributed by atoms with van der Waals surface area (Å²) < 4.78 is 4.99. The number of hydrogen-bond donors (Lipinski definition) is 1. The molecule has 1 N–H and O–H groups in total. The predicted molar refractivity (Wildman–Crippen MR) is 68.2 cm³/mol. The van der Waals surface area contributed by atoms with Crippen molar-refractivity contribution in [2.75, 3.05) is 13.2 Å². The molecule has 18 heavy (non-hydrogen) atoms. The van der Waals surface area contributed by atoms with Crippen molar-refractivity contribution < 1.29 is 14.6 Å². The quantitative estimate of drug-likeness (QED) is 0.783. The van der Waals surface area contributed by atoms with Crippen molar-refractivity contribution in [3.05, 3.63) is 29.8 Å². The third-order valence-corrected chi connectivity index (χ3v) is 3.02. The number of phenols is 1. The summed E-state index contributed by atoms with van der Waals surface area (Å²) in [6.45, 7) is 3.32. The minimum Gasteiger partial charge on any atom is -0.508 e. The summed E-state index contributed by atoms with van der Waals surface area (Å²) in [5, 5.41) is 9.24. The third-order valence-electron chi connectivity index (χ3n) is 3.02. The highest BCUT2D eigenvalue weighted by Crippen LogP contribution is 2.28. The summed E-state index contributed by atoms with van der Waals surface area (Å²) in [5.41, 5.74) is 1.10. The summed E-state index contributed by atoms with van der Waals surface area (Å²) >= 11 is 0. The molecule has 0 aromatic heterocycles. The molecule has 1 fully saturated rings. The van der Waals surface area contributed by atoms with E-state index in [1.165, 1.54) is 0 Å². The molecule has 0 spiro atoms. The molecule has 1 saturated carbocycles. The fraction of sp³-hybridized carbons (Fsp3) is 0.500. The van der Waals surface area contributed by atoms with Crippen LogP contribution in [0.5, 0.6) is 5.75 Å². The van der Waals surface area contributed by atoms with Crippen LogP contribution in [0.3, 0.4) is 0 Å². The molecular weight excluding hydrogens is 230 g/mol. The first kappa shape index (κ1) is 12.9. The Kier molecular flexibility index (Phi) is 4.20. The number of ether oxygens (including phenoxy) is 1. The van der Waals surface area contributed by atoms with Crippen LogP contribution < -0.4 is 0 Å². The fourth-order valence-electron chi connectivity index (χ4n) is 1.96. The zero-order chi connectivity index (χ0) is 13.0. The Balaban J connectivity index is 1.93. The van der Waals surface area contributed by atoms with Crippen LogP contribution in [0.25, 0.3) is 0 Å². The molecule has 0 amide bonds. The van der Waals surface area contributed by atoms with Gasteiger partial charge in [0, 0.05) is 12.6 Å². The summed E-state index contributed by atoms with van der Waals surface area (Å²) in [7, 11) is 0. The molecule has 0 heterocycles. The van der Waals surface area contributed by atoms with Crippen molar-refractivity contribution in [1.29, 1.82) is 0 Å². The monoisotopic (exact) mass is 249 g/mol. The molecule has 1 aliphatic carbocycles. The predicted octanol–water partition coefficient (Wildman–Crippen LogP) is 1.92. The van der Waals surface area contributed by atoms with E-state index in [0.29, 0.717) is 19.2 Å². The molecule has 0 unspecified atom stereocenters. The van der Waals surface area contributed by atoms with Gasteiger partial charge in [0.25, 0.3) is 0 Å². The number of rotatable bonds is 6. The number of benzene rings is 1. The van der Waals surface area contributed by atoms with Gasteiger partial charge in [-0.05, 0) is 37.5 Å². The van der Waals surface area contributed by atoms with E-state index in [1.54, 1.807) is 12.1 Å². The van der Waals surface area contributed by atoms with Crippen molar-refractivity contribution in [3.8, 4) is 5.75 Å². The molecule has 1 aromatic rings. The van der Waals surface area contributed by atoms with Crippen molar-refractivity contribution in [2.45, 2.75) is 32.4 Å². The van der Waals surface area contributed by atoms with E-state index >= 15 is 0 Å². The van der Waals surface area contributed by atoms with E-state index in [-0.39, 0.29) is 11.7 Å². The first-order chi connectivity index (χ1) is 8.69. The lowest BCUT2D eigenvalue weighted by molar-refractivity contribution is -0.144. The second kappa shape index (κ2) is 5.87. The van der Waals surface area contributed by atoms with E-state index < -0.39 is 0 Å². The van der Waals surface area contributed by atoms with E-state index in [2.05, 4.69) is 4.90 Å². The maximum atomic E-state index is 11.5. The van der Waals surface area contributed by atoms with Crippen molar-refractivity contribution in [3.63, 3.8) is 0 Å². The van der Waals surface area contributed by atoms with Gasteiger partial charge in [-0.3, -0.25) is 9.69 Å². The van der Waals surface area contributed by atoms with E-state index in [4.69, 9.17) is 4.74 Å². The van der Waals surface area contributed by atoms with Crippen LogP contribution in [-0.4, -0.2) is 35.2 Å². The van der Waals surface area contributed by atoms with E-state index in [0.717, 1.165) is 24.9 Å². The van der Waals surface area contributed by atoms with Gasteiger partial charge in [-0.25, -0.2) is 0 Å². The first-order valence-corrected chi connectivity index (χ1v) is 6.36. The highest BCUT2D eigenvalue weighted by atomic mass is 16.5. The van der Waals surface area contributed by atoms with Gasteiger partial charge in [0.1, 0.15) is 5.75 Å². The minimum atomic E-state index is -0.164. The van der Waals surface area contributed by atoms with Crippen LogP contribution in [0.2, 0.25) is 0 Å². The zero-order valence-corrected chi connectivity index (χ0v) is 10.6. The summed E-state index contributed by atoms with van der Waals surface area (Å²) in [5.74, 6) is 0.102. The molecule has 0 atom stereocenters. The minimum absolute atomic E-state index is 0.164. The molecule has 0 radical (unpaired) electrons. The number of hydrogen-bond acceptors (Lipinski definition) is 4. The van der Waals surface area contributed by atoms with Crippen LogP contribution >= 0.6 is 0 Å². The second-order valence-electron chi connectivity index (χ2n) is 4.61. The lowest BCUT2D eigenvalue weighted by Gasteiger charge is -2.20. The number of carbonyl (C=O) groups is 1. The van der Waals surface area contributed by atoms with Crippen LogP contribution in [0.4, 0.5) is 0 Å². The van der Waals surface area contributed by atoms with Gasteiger partial charge in [-0.15, -0.1) is 0 Å². The number of phenolic OH excluding ortho intramolecular Hbond substituents is 1. The SMILES string of the molecule is CCOC(=O)CN(Cc1ccc(O)cc1)C1CC1. The van der Waals surface area contributed by atoms with Crippen molar-refractivity contribution in [2.24, 2.45) is 0 Å². The fourth-order valence-corrected chi connectivity index (χ4v) is 1.96. The third kappa shape index (κ3) is 3.74.